The van der Waals surface area contributed by atoms with Crippen LogP contribution in [0.2, 0.25) is 10.0 Å². The summed E-state index contributed by atoms with van der Waals surface area (Å²) in [5.74, 6) is -0.214. The minimum atomic E-state index is -0.214. The van der Waals surface area contributed by atoms with Gasteiger partial charge in [0.25, 0.3) is 0 Å². The van der Waals surface area contributed by atoms with Gasteiger partial charge >= 0.3 is 5.97 Å². The molecule has 2 rings (SSSR count). The predicted octanol–water partition coefficient (Wildman–Crippen LogP) is 4.77. The van der Waals surface area contributed by atoms with Crippen molar-refractivity contribution < 1.29 is 9.53 Å². The Hall–Kier alpha value is -1.51. The Balaban J connectivity index is 2.31. The highest BCUT2D eigenvalue weighted by Gasteiger charge is 2.09. The Morgan fingerprint density at radius 3 is 2.55 bits per heavy atom. The van der Waals surface area contributed by atoms with Gasteiger partial charge in [-0.2, -0.15) is 0 Å². The van der Waals surface area contributed by atoms with E-state index in [2.05, 4.69) is 4.74 Å². The van der Waals surface area contributed by atoms with Crippen molar-refractivity contribution in [2.24, 2.45) is 0 Å². The summed E-state index contributed by atoms with van der Waals surface area (Å²) in [6.07, 6.45) is 0.984. The van der Waals surface area contributed by atoms with E-state index in [0.717, 1.165) is 16.7 Å². The number of halogens is 2. The fourth-order valence-electron chi connectivity index (χ4n) is 2.02. The van der Waals surface area contributed by atoms with E-state index in [1.807, 2.05) is 36.4 Å². The van der Waals surface area contributed by atoms with E-state index in [1.165, 1.54) is 7.11 Å². The van der Waals surface area contributed by atoms with E-state index in [0.29, 0.717) is 22.9 Å². The third kappa shape index (κ3) is 3.53. The Kier molecular flexibility index (Phi) is 5.05. The number of ether oxygens (including phenoxy) is 1. The van der Waals surface area contributed by atoms with Crippen LogP contribution in [0.5, 0.6) is 0 Å². The molecule has 0 unspecified atom stereocenters. The number of hydrogen-bond donors (Lipinski definition) is 0. The van der Waals surface area contributed by atoms with E-state index in [-0.39, 0.29) is 5.97 Å². The maximum absolute atomic E-state index is 11.3. The lowest BCUT2D eigenvalue weighted by atomic mass is 9.97. The first-order valence-electron chi connectivity index (χ1n) is 6.22. The van der Waals surface area contributed by atoms with E-state index >= 15 is 0 Å². The molecule has 0 heterocycles. The largest absolute Gasteiger partial charge is 0.469 e. The molecule has 2 nitrogen and oxygen atoms in total. The molecule has 0 amide bonds. The summed E-state index contributed by atoms with van der Waals surface area (Å²) in [5, 5.41) is 1.05. The van der Waals surface area contributed by atoms with E-state index < -0.39 is 0 Å². The monoisotopic (exact) mass is 308 g/mol. The molecule has 0 aromatic heterocycles. The molecule has 0 atom stereocenters. The quantitative estimate of drug-likeness (QED) is 0.761. The van der Waals surface area contributed by atoms with Crippen molar-refractivity contribution >= 4 is 29.2 Å². The first-order valence-corrected chi connectivity index (χ1v) is 6.97. The van der Waals surface area contributed by atoms with Gasteiger partial charge in [-0.05, 0) is 35.2 Å². The van der Waals surface area contributed by atoms with Crippen molar-refractivity contribution in [3.63, 3.8) is 0 Å². The van der Waals surface area contributed by atoms with E-state index in [1.54, 1.807) is 6.07 Å². The lowest BCUT2D eigenvalue weighted by Crippen LogP contribution is -2.02. The minimum Gasteiger partial charge on any atom is -0.469 e. The number of methoxy groups -OCH3 is 1. The lowest BCUT2D eigenvalue weighted by Gasteiger charge is -2.10. The van der Waals surface area contributed by atoms with E-state index in [4.69, 9.17) is 23.2 Å². The summed E-state index contributed by atoms with van der Waals surface area (Å²) in [5.41, 5.74) is 3.12. The molecule has 0 aliphatic heterocycles. The molecule has 4 heteroatoms. The van der Waals surface area contributed by atoms with Gasteiger partial charge in [0.15, 0.2) is 0 Å². The number of aryl methyl sites for hydroxylation is 1. The van der Waals surface area contributed by atoms with Gasteiger partial charge in [-0.3, -0.25) is 4.79 Å². The predicted molar refractivity (Wildman–Crippen MR) is 82.2 cm³/mol. The Bertz CT molecular complexity index is 624. The highest BCUT2D eigenvalue weighted by atomic mass is 35.5. The van der Waals surface area contributed by atoms with Crippen molar-refractivity contribution in [2.75, 3.05) is 7.11 Å². The van der Waals surface area contributed by atoms with Crippen molar-refractivity contribution in [1.29, 1.82) is 0 Å². The topological polar surface area (TPSA) is 26.3 Å². The van der Waals surface area contributed by atoms with Gasteiger partial charge in [0.05, 0.1) is 17.2 Å². The third-order valence-corrected chi connectivity index (χ3v) is 3.81. The normalized spacial score (nSPS) is 10.3. The van der Waals surface area contributed by atoms with Crippen molar-refractivity contribution in [3.05, 3.63) is 58.1 Å². The second kappa shape index (κ2) is 6.78. The Morgan fingerprint density at radius 1 is 1.10 bits per heavy atom. The first-order chi connectivity index (χ1) is 9.61. The van der Waals surface area contributed by atoms with Gasteiger partial charge in [0.2, 0.25) is 0 Å². The summed E-state index contributed by atoms with van der Waals surface area (Å²) in [7, 11) is 1.40. The van der Waals surface area contributed by atoms with E-state index in [9.17, 15) is 4.79 Å². The lowest BCUT2D eigenvalue weighted by molar-refractivity contribution is -0.140. The molecule has 0 aliphatic rings. The van der Waals surface area contributed by atoms with Crippen LogP contribution < -0.4 is 0 Å². The van der Waals surface area contributed by atoms with Gasteiger partial charge in [0.1, 0.15) is 0 Å². The van der Waals surface area contributed by atoms with Crippen LogP contribution in [0.4, 0.5) is 0 Å². The van der Waals surface area contributed by atoms with Gasteiger partial charge in [0, 0.05) is 6.42 Å². The third-order valence-electron chi connectivity index (χ3n) is 3.07. The van der Waals surface area contributed by atoms with Crippen molar-refractivity contribution in [3.8, 4) is 11.1 Å². The van der Waals surface area contributed by atoms with Crippen LogP contribution in [-0.4, -0.2) is 13.1 Å². The van der Waals surface area contributed by atoms with Crippen LogP contribution in [0.25, 0.3) is 11.1 Å². The van der Waals surface area contributed by atoms with Crippen LogP contribution in [-0.2, 0) is 16.0 Å². The molecule has 2 aromatic carbocycles. The Morgan fingerprint density at radius 2 is 1.85 bits per heavy atom. The number of carbonyl (C=O) groups is 1. The molecular weight excluding hydrogens is 295 g/mol. The van der Waals surface area contributed by atoms with Crippen LogP contribution in [0.1, 0.15) is 12.0 Å². The number of rotatable bonds is 4. The maximum Gasteiger partial charge on any atom is 0.305 e. The van der Waals surface area contributed by atoms with Crippen LogP contribution in [0.3, 0.4) is 0 Å². The van der Waals surface area contributed by atoms with Crippen LogP contribution in [0, 0.1) is 0 Å². The van der Waals surface area contributed by atoms with Crippen LogP contribution >= 0.6 is 23.2 Å². The van der Waals surface area contributed by atoms with Gasteiger partial charge in [-0.1, -0.05) is 53.5 Å². The molecule has 0 spiro atoms. The second-order valence-electron chi connectivity index (χ2n) is 4.36. The summed E-state index contributed by atoms with van der Waals surface area (Å²) >= 11 is 12.0. The van der Waals surface area contributed by atoms with Gasteiger partial charge in [-0.25, -0.2) is 0 Å². The zero-order chi connectivity index (χ0) is 14.5. The number of hydrogen-bond acceptors (Lipinski definition) is 2. The van der Waals surface area contributed by atoms with Gasteiger partial charge < -0.3 is 4.74 Å². The SMILES string of the molecule is COC(=O)CCc1ccccc1-c1ccc(Cl)c(Cl)c1. The summed E-state index contributed by atoms with van der Waals surface area (Å²) in [6.45, 7) is 0. The molecule has 2 aromatic rings. The molecule has 0 fully saturated rings. The smallest absolute Gasteiger partial charge is 0.305 e. The number of benzene rings is 2. The summed E-state index contributed by atoms with van der Waals surface area (Å²) in [4.78, 5) is 11.3. The fraction of sp³-hybridized carbons (Fsp3) is 0.188. The molecule has 0 radical (unpaired) electrons. The summed E-state index contributed by atoms with van der Waals surface area (Å²) in [6, 6.07) is 13.4. The van der Waals surface area contributed by atoms with Crippen LogP contribution in [0.15, 0.2) is 42.5 Å². The molecule has 0 saturated carbocycles. The Labute approximate surface area is 128 Å². The molecule has 0 saturated heterocycles. The molecule has 0 N–H and O–H groups in total. The average Bonchev–Trinajstić information content (AvgIpc) is 2.48. The zero-order valence-corrected chi connectivity index (χ0v) is 12.5. The fourth-order valence-corrected chi connectivity index (χ4v) is 2.32. The number of esters is 1. The second-order valence-corrected chi connectivity index (χ2v) is 5.18. The van der Waals surface area contributed by atoms with Gasteiger partial charge in [-0.15, -0.1) is 0 Å². The maximum atomic E-state index is 11.3. The average molecular weight is 309 g/mol. The highest BCUT2D eigenvalue weighted by Crippen LogP contribution is 2.30. The number of carbonyl (C=O) groups excluding carboxylic acids is 1. The highest BCUT2D eigenvalue weighted by molar-refractivity contribution is 6.42. The van der Waals surface area contributed by atoms with Crippen molar-refractivity contribution in [2.45, 2.75) is 12.8 Å². The van der Waals surface area contributed by atoms with Crippen molar-refractivity contribution in [1.82, 2.24) is 0 Å². The standard InChI is InChI=1S/C16H14Cl2O2/c1-20-16(19)9-7-11-4-2-3-5-13(11)12-6-8-14(17)15(18)10-12/h2-6,8,10H,7,9H2,1H3. The zero-order valence-electron chi connectivity index (χ0n) is 11.0. The molecule has 0 bridgehead atoms. The first kappa shape index (κ1) is 14.9. The molecular formula is C16H14Cl2O2. The minimum absolute atomic E-state index is 0.214. The molecule has 104 valence electrons. The summed E-state index contributed by atoms with van der Waals surface area (Å²) < 4.78 is 4.67. The molecule has 20 heavy (non-hydrogen) atoms. The molecule has 0 aliphatic carbocycles.